The second-order valence-electron chi connectivity index (χ2n) is 6.89. The number of hydrogen-bond acceptors (Lipinski definition) is 2. The van der Waals surface area contributed by atoms with Crippen molar-refractivity contribution in [2.45, 2.75) is 39.2 Å². The van der Waals surface area contributed by atoms with E-state index in [2.05, 4.69) is 30.1 Å². The number of nitrogens with zero attached hydrogens (tertiary/aromatic N) is 2. The highest BCUT2D eigenvalue weighted by Gasteiger charge is 2.25. The molecular formula is C18H27N3O. The maximum atomic E-state index is 12.5. The van der Waals surface area contributed by atoms with E-state index in [4.69, 9.17) is 0 Å². The van der Waals surface area contributed by atoms with Crippen molar-refractivity contribution in [1.29, 1.82) is 0 Å². The maximum absolute atomic E-state index is 12.5. The van der Waals surface area contributed by atoms with Crippen LogP contribution in [-0.2, 0) is 6.42 Å². The van der Waals surface area contributed by atoms with E-state index in [0.29, 0.717) is 0 Å². The molecule has 1 aromatic carbocycles. The number of likely N-dealkylation sites (tertiary alicyclic amines) is 1. The highest BCUT2D eigenvalue weighted by Crippen LogP contribution is 2.27. The van der Waals surface area contributed by atoms with Crippen molar-refractivity contribution in [1.82, 2.24) is 10.2 Å². The number of fused-ring (bicyclic) bond motifs is 1. The number of nitrogens with one attached hydrogen (secondary N) is 1. The molecule has 1 aromatic rings. The van der Waals surface area contributed by atoms with E-state index >= 15 is 0 Å². The summed E-state index contributed by atoms with van der Waals surface area (Å²) in [5.74, 6) is 0.780. The molecule has 4 nitrogen and oxygen atoms in total. The van der Waals surface area contributed by atoms with E-state index in [1.54, 1.807) is 0 Å². The molecule has 1 saturated heterocycles. The van der Waals surface area contributed by atoms with Crippen molar-refractivity contribution < 1.29 is 4.79 Å². The van der Waals surface area contributed by atoms with E-state index < -0.39 is 0 Å². The standard InChI is InChI=1S/C18H27N3O/c1-14-6-5-10-20(12-14)13-15(2)19-18(22)21-11-9-16-7-3-4-8-17(16)21/h3-4,7-8,14-15H,5-6,9-13H2,1-2H3,(H,19,22)/t14-,15+/m1/s1. The number of rotatable bonds is 3. The van der Waals surface area contributed by atoms with E-state index in [1.165, 1.54) is 18.4 Å². The molecule has 0 unspecified atom stereocenters. The molecule has 22 heavy (non-hydrogen) atoms. The minimum atomic E-state index is 0.0440. The average Bonchev–Trinajstić information content (AvgIpc) is 2.91. The van der Waals surface area contributed by atoms with Gasteiger partial charge in [0.05, 0.1) is 0 Å². The third kappa shape index (κ3) is 3.43. The Morgan fingerprint density at radius 2 is 2.18 bits per heavy atom. The number of hydrogen-bond donors (Lipinski definition) is 1. The van der Waals surface area contributed by atoms with E-state index in [-0.39, 0.29) is 12.1 Å². The zero-order chi connectivity index (χ0) is 15.5. The van der Waals surface area contributed by atoms with Crippen LogP contribution >= 0.6 is 0 Å². The van der Waals surface area contributed by atoms with Gasteiger partial charge in [0.25, 0.3) is 0 Å². The first-order valence-corrected chi connectivity index (χ1v) is 8.52. The van der Waals surface area contributed by atoms with Gasteiger partial charge in [0.15, 0.2) is 0 Å². The average molecular weight is 301 g/mol. The Kier molecular flexibility index (Phi) is 4.67. The van der Waals surface area contributed by atoms with Gasteiger partial charge < -0.3 is 10.2 Å². The number of anilines is 1. The van der Waals surface area contributed by atoms with Crippen molar-refractivity contribution >= 4 is 11.7 Å². The molecule has 3 rings (SSSR count). The van der Waals surface area contributed by atoms with Gasteiger partial charge in [0.2, 0.25) is 0 Å². The largest absolute Gasteiger partial charge is 0.334 e. The Morgan fingerprint density at radius 3 is 3.00 bits per heavy atom. The molecule has 4 heteroatoms. The van der Waals surface area contributed by atoms with Crippen molar-refractivity contribution in [2.24, 2.45) is 5.92 Å². The van der Waals surface area contributed by atoms with Crippen LogP contribution in [0.4, 0.5) is 10.5 Å². The van der Waals surface area contributed by atoms with Gasteiger partial charge in [0, 0.05) is 31.4 Å². The summed E-state index contributed by atoms with van der Waals surface area (Å²) in [7, 11) is 0. The molecule has 2 aliphatic rings. The molecule has 0 radical (unpaired) electrons. The van der Waals surface area contributed by atoms with E-state index in [0.717, 1.165) is 44.2 Å². The second-order valence-corrected chi connectivity index (χ2v) is 6.89. The van der Waals surface area contributed by atoms with Gasteiger partial charge in [-0.25, -0.2) is 4.79 Å². The summed E-state index contributed by atoms with van der Waals surface area (Å²) in [4.78, 5) is 16.9. The quantitative estimate of drug-likeness (QED) is 0.932. The molecule has 0 aromatic heterocycles. The van der Waals surface area contributed by atoms with Gasteiger partial charge in [-0.3, -0.25) is 4.90 Å². The molecule has 120 valence electrons. The highest BCUT2D eigenvalue weighted by molar-refractivity contribution is 5.94. The lowest BCUT2D eigenvalue weighted by Gasteiger charge is -2.33. The van der Waals surface area contributed by atoms with Gasteiger partial charge in [-0.1, -0.05) is 25.1 Å². The van der Waals surface area contributed by atoms with Crippen LogP contribution in [-0.4, -0.2) is 43.2 Å². The summed E-state index contributed by atoms with van der Waals surface area (Å²) in [6.45, 7) is 8.49. The zero-order valence-electron chi connectivity index (χ0n) is 13.7. The van der Waals surface area contributed by atoms with Crippen LogP contribution in [0.15, 0.2) is 24.3 Å². The Bertz CT molecular complexity index is 531. The molecule has 2 atom stereocenters. The minimum Gasteiger partial charge on any atom is -0.334 e. The fraction of sp³-hybridized carbons (Fsp3) is 0.611. The highest BCUT2D eigenvalue weighted by atomic mass is 16.2. The van der Waals surface area contributed by atoms with Crippen LogP contribution < -0.4 is 10.2 Å². The fourth-order valence-corrected chi connectivity index (χ4v) is 3.72. The summed E-state index contributed by atoms with van der Waals surface area (Å²) >= 11 is 0. The summed E-state index contributed by atoms with van der Waals surface area (Å²) in [5, 5.41) is 3.17. The van der Waals surface area contributed by atoms with Crippen molar-refractivity contribution in [3.63, 3.8) is 0 Å². The van der Waals surface area contributed by atoms with Crippen LogP contribution in [0.3, 0.4) is 0 Å². The van der Waals surface area contributed by atoms with Crippen molar-refractivity contribution in [3.8, 4) is 0 Å². The van der Waals surface area contributed by atoms with Gasteiger partial charge in [-0.15, -0.1) is 0 Å². The van der Waals surface area contributed by atoms with Gasteiger partial charge in [0.1, 0.15) is 0 Å². The number of carbonyl (C=O) groups excluding carboxylic acids is 1. The van der Waals surface area contributed by atoms with Crippen LogP contribution in [0.5, 0.6) is 0 Å². The monoisotopic (exact) mass is 301 g/mol. The van der Waals surface area contributed by atoms with Gasteiger partial charge in [-0.2, -0.15) is 0 Å². The lowest BCUT2D eigenvalue weighted by molar-refractivity contribution is 0.170. The summed E-state index contributed by atoms with van der Waals surface area (Å²) in [6, 6.07) is 8.43. The Balaban J connectivity index is 1.53. The number of urea groups is 1. The second kappa shape index (κ2) is 6.69. The summed E-state index contributed by atoms with van der Waals surface area (Å²) < 4.78 is 0. The first kappa shape index (κ1) is 15.3. The molecule has 0 spiro atoms. The normalized spacial score (nSPS) is 23.2. The molecule has 2 aliphatic heterocycles. The first-order valence-electron chi connectivity index (χ1n) is 8.52. The van der Waals surface area contributed by atoms with Crippen LogP contribution in [0.25, 0.3) is 0 Å². The number of para-hydroxylation sites is 1. The summed E-state index contributed by atoms with van der Waals surface area (Å²) in [5.41, 5.74) is 2.34. The molecule has 1 N–H and O–H groups in total. The predicted molar refractivity (Wildman–Crippen MR) is 90.3 cm³/mol. The number of piperidine rings is 1. The van der Waals surface area contributed by atoms with Crippen LogP contribution in [0.1, 0.15) is 32.3 Å². The Hall–Kier alpha value is -1.55. The number of benzene rings is 1. The SMILES string of the molecule is C[C@@H]1CCCN(C[C@H](C)NC(=O)N2CCc3ccccc32)C1. The minimum absolute atomic E-state index is 0.0440. The van der Waals surface area contributed by atoms with Gasteiger partial charge >= 0.3 is 6.03 Å². The van der Waals surface area contributed by atoms with E-state index in [1.807, 2.05) is 23.1 Å². The smallest absolute Gasteiger partial charge is 0.322 e. The maximum Gasteiger partial charge on any atom is 0.322 e. The topological polar surface area (TPSA) is 35.6 Å². The van der Waals surface area contributed by atoms with E-state index in [9.17, 15) is 4.79 Å². The summed E-state index contributed by atoms with van der Waals surface area (Å²) in [6.07, 6.45) is 3.57. The van der Waals surface area contributed by atoms with Crippen LogP contribution in [0, 0.1) is 5.92 Å². The molecule has 1 fully saturated rings. The molecule has 2 heterocycles. The Labute approximate surface area is 133 Å². The number of carbonyl (C=O) groups is 1. The third-order valence-electron chi connectivity index (χ3n) is 4.78. The van der Waals surface area contributed by atoms with Crippen LogP contribution in [0.2, 0.25) is 0 Å². The van der Waals surface area contributed by atoms with Crippen molar-refractivity contribution in [2.75, 3.05) is 31.1 Å². The predicted octanol–water partition coefficient (Wildman–Crippen LogP) is 2.88. The molecular weight excluding hydrogens is 274 g/mol. The first-order chi connectivity index (χ1) is 10.6. The molecule has 0 aliphatic carbocycles. The lowest BCUT2D eigenvalue weighted by Crippen LogP contribution is -2.49. The molecule has 0 bridgehead atoms. The molecule has 2 amide bonds. The lowest BCUT2D eigenvalue weighted by atomic mass is 10.00. The Morgan fingerprint density at radius 1 is 1.36 bits per heavy atom. The van der Waals surface area contributed by atoms with Crippen molar-refractivity contribution in [3.05, 3.63) is 29.8 Å². The van der Waals surface area contributed by atoms with Gasteiger partial charge in [-0.05, 0) is 50.3 Å². The zero-order valence-corrected chi connectivity index (χ0v) is 13.7. The fourth-order valence-electron chi connectivity index (χ4n) is 3.72. The third-order valence-corrected chi connectivity index (χ3v) is 4.78. The molecule has 0 saturated carbocycles. The number of amides is 2.